The molecule has 0 aliphatic carbocycles. The second-order valence-electron chi connectivity index (χ2n) is 6.21. The number of H-pyrrole nitrogens is 1. The third-order valence-corrected chi connectivity index (χ3v) is 4.40. The molecule has 1 amide bonds. The first-order chi connectivity index (χ1) is 11.9. The summed E-state index contributed by atoms with van der Waals surface area (Å²) in [6.07, 6.45) is 0.158. The lowest BCUT2D eigenvalue weighted by Crippen LogP contribution is -2.24. The first kappa shape index (κ1) is 16.8. The van der Waals surface area contributed by atoms with E-state index in [1.165, 1.54) is 23.1 Å². The quantitative estimate of drug-likeness (QED) is 0.668. The molecule has 0 atom stereocenters. The number of benzene rings is 2. The molecule has 0 aliphatic rings. The molecule has 3 N–H and O–H groups in total. The van der Waals surface area contributed by atoms with Gasteiger partial charge in [0.15, 0.2) is 0 Å². The summed E-state index contributed by atoms with van der Waals surface area (Å²) in [5.74, 6) is -1.13. The van der Waals surface area contributed by atoms with E-state index in [4.69, 9.17) is 5.11 Å². The largest absolute Gasteiger partial charge is 0.478 e. The molecule has 0 aliphatic heterocycles. The molecule has 0 radical (unpaired) electrons. The minimum Gasteiger partial charge on any atom is -0.478 e. The van der Waals surface area contributed by atoms with E-state index in [0.717, 1.165) is 16.8 Å². The van der Waals surface area contributed by atoms with Crippen molar-refractivity contribution in [2.45, 2.75) is 26.8 Å². The van der Waals surface area contributed by atoms with Crippen molar-refractivity contribution >= 4 is 22.8 Å². The van der Waals surface area contributed by atoms with Crippen molar-refractivity contribution in [3.05, 3.63) is 70.4 Å². The highest BCUT2D eigenvalue weighted by atomic mass is 16.4. The molecule has 1 heterocycles. The number of aromatic carboxylic acids is 1. The number of amides is 1. The maximum atomic E-state index is 12.1. The number of rotatable bonds is 5. The summed E-state index contributed by atoms with van der Waals surface area (Å²) in [5, 5.41) is 13.1. The molecule has 5 nitrogen and oxygen atoms in total. The van der Waals surface area contributed by atoms with E-state index in [2.05, 4.69) is 23.3 Å². The van der Waals surface area contributed by atoms with Gasteiger partial charge in [-0.25, -0.2) is 4.79 Å². The van der Waals surface area contributed by atoms with Gasteiger partial charge in [0.2, 0.25) is 5.91 Å². The highest BCUT2D eigenvalue weighted by molar-refractivity contribution is 5.88. The lowest BCUT2D eigenvalue weighted by Gasteiger charge is -2.07. The summed E-state index contributed by atoms with van der Waals surface area (Å²) in [6, 6.07) is 12.5. The van der Waals surface area contributed by atoms with Crippen LogP contribution >= 0.6 is 0 Å². The predicted molar refractivity (Wildman–Crippen MR) is 96.7 cm³/mol. The number of carboxylic acid groups (broad SMARTS) is 1. The number of carbonyl (C=O) groups is 2. The highest BCUT2D eigenvalue weighted by Crippen LogP contribution is 2.22. The maximum Gasteiger partial charge on any atom is 0.335 e. The molecular formula is C20H20N2O3. The molecule has 0 bridgehead atoms. The van der Waals surface area contributed by atoms with Gasteiger partial charge in [-0.05, 0) is 54.8 Å². The summed E-state index contributed by atoms with van der Waals surface area (Å²) < 4.78 is 0. The van der Waals surface area contributed by atoms with Crippen molar-refractivity contribution in [2.75, 3.05) is 0 Å². The summed E-state index contributed by atoms with van der Waals surface area (Å²) in [6.45, 7) is 4.56. The van der Waals surface area contributed by atoms with Crippen molar-refractivity contribution in [3.8, 4) is 0 Å². The first-order valence-electron chi connectivity index (χ1n) is 8.11. The van der Waals surface area contributed by atoms with Gasteiger partial charge in [0.1, 0.15) is 0 Å². The molecule has 0 saturated carbocycles. The van der Waals surface area contributed by atoms with Gasteiger partial charge in [-0.15, -0.1) is 0 Å². The number of hydrogen-bond acceptors (Lipinski definition) is 2. The van der Waals surface area contributed by atoms with E-state index >= 15 is 0 Å². The standard InChI is InChI=1S/C20H20N2O3/c1-12-13(2)22-18-7-6-15(9-17(12)18)11-21-19(23)10-14-4-3-5-16(8-14)20(24)25/h3-9,22H,10-11H2,1-2H3,(H,21,23)(H,24,25). The zero-order valence-corrected chi connectivity index (χ0v) is 14.2. The Kier molecular flexibility index (Phi) is 4.57. The van der Waals surface area contributed by atoms with E-state index in [0.29, 0.717) is 12.1 Å². The van der Waals surface area contributed by atoms with Crippen molar-refractivity contribution in [1.82, 2.24) is 10.3 Å². The third kappa shape index (κ3) is 3.71. The zero-order chi connectivity index (χ0) is 18.0. The van der Waals surface area contributed by atoms with Crippen LogP contribution in [0.1, 0.15) is 32.7 Å². The van der Waals surface area contributed by atoms with E-state index in [1.807, 2.05) is 19.1 Å². The van der Waals surface area contributed by atoms with Crippen LogP contribution in [0.2, 0.25) is 0 Å². The second kappa shape index (κ2) is 6.81. The monoisotopic (exact) mass is 336 g/mol. The van der Waals surface area contributed by atoms with Gasteiger partial charge in [0, 0.05) is 23.1 Å². The van der Waals surface area contributed by atoms with Crippen LogP contribution in [-0.4, -0.2) is 22.0 Å². The lowest BCUT2D eigenvalue weighted by atomic mass is 10.1. The van der Waals surface area contributed by atoms with Gasteiger partial charge in [-0.2, -0.15) is 0 Å². The summed E-state index contributed by atoms with van der Waals surface area (Å²) in [7, 11) is 0. The Morgan fingerprint density at radius 3 is 2.64 bits per heavy atom. The number of nitrogens with one attached hydrogen (secondary N) is 2. The van der Waals surface area contributed by atoms with E-state index in [9.17, 15) is 9.59 Å². The van der Waals surface area contributed by atoms with Crippen molar-refractivity contribution < 1.29 is 14.7 Å². The van der Waals surface area contributed by atoms with E-state index in [-0.39, 0.29) is 17.9 Å². The topological polar surface area (TPSA) is 82.2 Å². The fourth-order valence-electron chi connectivity index (χ4n) is 2.88. The number of aryl methyl sites for hydroxylation is 2. The summed E-state index contributed by atoms with van der Waals surface area (Å²) in [5.41, 5.74) is 5.36. The first-order valence-corrected chi connectivity index (χ1v) is 8.11. The zero-order valence-electron chi connectivity index (χ0n) is 14.2. The molecule has 3 aromatic rings. The van der Waals surface area contributed by atoms with Crippen LogP contribution in [0.15, 0.2) is 42.5 Å². The number of aromatic amines is 1. The average molecular weight is 336 g/mol. The Bertz CT molecular complexity index is 957. The third-order valence-electron chi connectivity index (χ3n) is 4.40. The van der Waals surface area contributed by atoms with Gasteiger partial charge in [-0.3, -0.25) is 4.79 Å². The highest BCUT2D eigenvalue weighted by Gasteiger charge is 2.08. The van der Waals surface area contributed by atoms with E-state index < -0.39 is 5.97 Å². The molecular weight excluding hydrogens is 316 g/mol. The van der Waals surface area contributed by atoms with Crippen LogP contribution in [0.3, 0.4) is 0 Å². The average Bonchev–Trinajstić information content (AvgIpc) is 2.87. The lowest BCUT2D eigenvalue weighted by molar-refractivity contribution is -0.120. The second-order valence-corrected chi connectivity index (χ2v) is 6.21. The van der Waals surface area contributed by atoms with Gasteiger partial charge < -0.3 is 15.4 Å². The summed E-state index contributed by atoms with van der Waals surface area (Å²) >= 11 is 0. The molecule has 3 rings (SSSR count). The Labute approximate surface area is 145 Å². The molecule has 1 aromatic heterocycles. The van der Waals surface area contributed by atoms with Gasteiger partial charge in [0.05, 0.1) is 12.0 Å². The Hall–Kier alpha value is -3.08. The van der Waals surface area contributed by atoms with Crippen LogP contribution in [0.4, 0.5) is 0 Å². The molecule has 2 aromatic carbocycles. The summed E-state index contributed by atoms with van der Waals surface area (Å²) in [4.78, 5) is 26.5. The molecule has 128 valence electrons. The van der Waals surface area contributed by atoms with Gasteiger partial charge >= 0.3 is 5.97 Å². The van der Waals surface area contributed by atoms with Crippen LogP contribution < -0.4 is 5.32 Å². The number of carboxylic acids is 1. The number of aromatic nitrogens is 1. The van der Waals surface area contributed by atoms with Gasteiger partial charge in [-0.1, -0.05) is 18.2 Å². The molecule has 0 unspecified atom stereocenters. The Morgan fingerprint density at radius 2 is 1.88 bits per heavy atom. The Balaban J connectivity index is 1.65. The van der Waals surface area contributed by atoms with Gasteiger partial charge in [0.25, 0.3) is 0 Å². The van der Waals surface area contributed by atoms with Crippen LogP contribution in [0.25, 0.3) is 10.9 Å². The smallest absolute Gasteiger partial charge is 0.335 e. The molecule has 0 spiro atoms. The number of hydrogen-bond donors (Lipinski definition) is 3. The predicted octanol–water partition coefficient (Wildman–Crippen LogP) is 3.34. The van der Waals surface area contributed by atoms with Crippen molar-refractivity contribution in [1.29, 1.82) is 0 Å². The molecule has 5 heteroatoms. The fourth-order valence-corrected chi connectivity index (χ4v) is 2.88. The minimum absolute atomic E-state index is 0.135. The van der Waals surface area contributed by atoms with Crippen molar-refractivity contribution in [2.24, 2.45) is 0 Å². The maximum absolute atomic E-state index is 12.1. The van der Waals surface area contributed by atoms with Crippen molar-refractivity contribution in [3.63, 3.8) is 0 Å². The molecule has 0 saturated heterocycles. The Morgan fingerprint density at radius 1 is 1.08 bits per heavy atom. The number of carbonyl (C=O) groups excluding carboxylic acids is 1. The molecule has 25 heavy (non-hydrogen) atoms. The minimum atomic E-state index is -0.993. The van der Waals surface area contributed by atoms with E-state index in [1.54, 1.807) is 12.1 Å². The van der Waals surface area contributed by atoms with Crippen LogP contribution in [0.5, 0.6) is 0 Å². The fraction of sp³-hybridized carbons (Fsp3) is 0.200. The normalized spacial score (nSPS) is 10.8. The number of fused-ring (bicyclic) bond motifs is 1. The SMILES string of the molecule is Cc1[nH]c2ccc(CNC(=O)Cc3cccc(C(=O)O)c3)cc2c1C. The van der Waals surface area contributed by atoms with Crippen LogP contribution in [-0.2, 0) is 17.8 Å². The molecule has 0 fully saturated rings. The van der Waals surface area contributed by atoms with Crippen LogP contribution in [0, 0.1) is 13.8 Å².